The van der Waals surface area contributed by atoms with Gasteiger partial charge >= 0.3 is 0 Å². The first-order valence-corrected chi connectivity index (χ1v) is 8.41. The monoisotopic (exact) mass is 345 g/mol. The Balaban J connectivity index is 1.64. The van der Waals surface area contributed by atoms with Gasteiger partial charge in [-0.1, -0.05) is 36.4 Å². The summed E-state index contributed by atoms with van der Waals surface area (Å²) in [5.74, 6) is 5.67. The quantitative estimate of drug-likeness (QED) is 0.433. The lowest BCUT2D eigenvalue weighted by molar-refractivity contribution is 0.178. The molecule has 1 aromatic heterocycles. The zero-order valence-corrected chi connectivity index (χ0v) is 14.2. The van der Waals surface area contributed by atoms with Crippen LogP contribution >= 0.6 is 0 Å². The van der Waals surface area contributed by atoms with Crippen molar-refractivity contribution < 1.29 is 0 Å². The summed E-state index contributed by atoms with van der Waals surface area (Å²) in [4.78, 5) is 7.97. The van der Waals surface area contributed by atoms with E-state index in [1.807, 2.05) is 12.3 Å². The number of benzene rings is 2. The van der Waals surface area contributed by atoms with Crippen LogP contribution in [0.1, 0.15) is 12.5 Å². The van der Waals surface area contributed by atoms with Gasteiger partial charge in [-0.25, -0.2) is 10.8 Å². The summed E-state index contributed by atoms with van der Waals surface area (Å²) in [5.41, 5.74) is 11.0. The number of hydrazine groups is 1. The van der Waals surface area contributed by atoms with Crippen molar-refractivity contribution in [1.82, 2.24) is 20.6 Å². The molecule has 1 atom stereocenters. The summed E-state index contributed by atoms with van der Waals surface area (Å²) in [5, 5.41) is 10.4. The fourth-order valence-electron chi connectivity index (χ4n) is 3.44. The fraction of sp³-hybridized carbons (Fsp3) is 0.105. The Bertz CT molecular complexity index is 1130. The lowest BCUT2D eigenvalue weighted by Gasteiger charge is -2.36. The average molecular weight is 345 g/mol. The third kappa shape index (κ3) is 2.11. The van der Waals surface area contributed by atoms with Gasteiger partial charge in [0.1, 0.15) is 0 Å². The number of aromatic amines is 1. The summed E-state index contributed by atoms with van der Waals surface area (Å²) in [6.45, 7) is 1.75. The minimum absolute atomic E-state index is 0.671. The van der Waals surface area contributed by atoms with Crippen molar-refractivity contribution in [2.24, 2.45) is 16.6 Å². The van der Waals surface area contributed by atoms with Crippen LogP contribution in [0.4, 0.5) is 0 Å². The first kappa shape index (κ1) is 15.0. The number of aromatic nitrogens is 1. The van der Waals surface area contributed by atoms with Crippen LogP contribution < -0.4 is 22.2 Å². The van der Waals surface area contributed by atoms with E-state index in [4.69, 9.17) is 11.6 Å². The summed E-state index contributed by atoms with van der Waals surface area (Å²) >= 11 is 0. The molecule has 0 saturated carbocycles. The molecule has 0 amide bonds. The number of fused-ring (bicyclic) bond motifs is 4. The van der Waals surface area contributed by atoms with Gasteiger partial charge in [0.05, 0.1) is 16.9 Å². The molecule has 0 radical (unpaired) electrons. The van der Waals surface area contributed by atoms with E-state index in [2.05, 4.69) is 57.0 Å². The van der Waals surface area contributed by atoms with Crippen molar-refractivity contribution in [1.29, 1.82) is 0 Å². The van der Waals surface area contributed by atoms with E-state index in [0.717, 1.165) is 28.0 Å². The average Bonchev–Trinajstić information content (AvgIpc) is 3.01. The fourth-order valence-corrected chi connectivity index (χ4v) is 3.44. The van der Waals surface area contributed by atoms with Crippen LogP contribution in [0.25, 0.3) is 27.5 Å². The third-order valence-corrected chi connectivity index (χ3v) is 4.84. The maximum Gasteiger partial charge on any atom is 0.196 e. The minimum atomic E-state index is -0.976. The smallest absolute Gasteiger partial charge is 0.196 e. The number of rotatable bonds is 1. The number of aliphatic imine (C=N–C) groups is 1. The standard InChI is InChI=1S/C19H19N7/c1-19(20)25-18-16(10-26(19)21)23-15(9-22-18)13-7-4-6-12-11-5-2-3-8-14(11)24-17(12)13/h2-10,23-24H,20-21H2,1H3,(H,22,25). The Hall–Kier alpha value is -3.29. The number of nitrogens with two attached hydrogens (primary N) is 2. The molecule has 130 valence electrons. The molecule has 3 heterocycles. The molecule has 0 aliphatic carbocycles. The molecule has 2 aromatic carbocycles. The molecule has 7 nitrogen and oxygen atoms in total. The maximum atomic E-state index is 6.07. The van der Waals surface area contributed by atoms with Crippen LogP contribution in [0.2, 0.25) is 0 Å². The molecule has 5 rings (SSSR count). The Labute approximate surface area is 150 Å². The van der Waals surface area contributed by atoms with Crippen molar-refractivity contribution in [2.75, 3.05) is 0 Å². The van der Waals surface area contributed by atoms with Gasteiger partial charge in [-0.05, 0) is 13.0 Å². The molecule has 7 N–H and O–H groups in total. The van der Waals surface area contributed by atoms with Crippen LogP contribution in [0.5, 0.6) is 0 Å². The summed E-state index contributed by atoms with van der Waals surface area (Å²) < 4.78 is 0. The molecule has 1 unspecified atom stereocenters. The molecule has 0 spiro atoms. The highest BCUT2D eigenvalue weighted by atomic mass is 15.5. The second kappa shape index (κ2) is 5.10. The highest BCUT2D eigenvalue weighted by molar-refractivity contribution is 6.11. The molecule has 0 bridgehead atoms. The van der Waals surface area contributed by atoms with E-state index in [9.17, 15) is 0 Å². The number of nitrogens with zero attached hydrogens (tertiary/aromatic N) is 2. The van der Waals surface area contributed by atoms with Gasteiger partial charge in [0.2, 0.25) is 0 Å². The van der Waals surface area contributed by atoms with Crippen molar-refractivity contribution in [3.8, 4) is 0 Å². The molecule has 0 saturated heterocycles. The zero-order chi connectivity index (χ0) is 17.9. The van der Waals surface area contributed by atoms with E-state index in [-0.39, 0.29) is 0 Å². The summed E-state index contributed by atoms with van der Waals surface area (Å²) in [6.07, 6.45) is 3.66. The number of hydrogen-bond acceptors (Lipinski definition) is 6. The van der Waals surface area contributed by atoms with Crippen LogP contribution in [0.3, 0.4) is 0 Å². The van der Waals surface area contributed by atoms with Gasteiger partial charge in [-0.3, -0.25) is 10.7 Å². The van der Waals surface area contributed by atoms with E-state index in [0.29, 0.717) is 5.84 Å². The van der Waals surface area contributed by atoms with E-state index >= 15 is 0 Å². The van der Waals surface area contributed by atoms with Crippen LogP contribution in [0.15, 0.2) is 65.6 Å². The molecule has 26 heavy (non-hydrogen) atoms. The van der Waals surface area contributed by atoms with Gasteiger partial charge in [0.15, 0.2) is 11.6 Å². The van der Waals surface area contributed by atoms with Gasteiger partial charge in [-0.2, -0.15) is 0 Å². The van der Waals surface area contributed by atoms with Crippen LogP contribution in [0, 0.1) is 0 Å². The molecule has 2 aliphatic rings. The van der Waals surface area contributed by atoms with Crippen molar-refractivity contribution in [3.63, 3.8) is 0 Å². The Morgan fingerprint density at radius 3 is 2.73 bits per heavy atom. The van der Waals surface area contributed by atoms with Gasteiger partial charge in [0.25, 0.3) is 0 Å². The molecule has 2 aliphatic heterocycles. The second-order valence-corrected chi connectivity index (χ2v) is 6.73. The van der Waals surface area contributed by atoms with Gasteiger partial charge in [-0.15, -0.1) is 0 Å². The molecule has 0 fully saturated rings. The lowest BCUT2D eigenvalue weighted by Crippen LogP contribution is -2.58. The lowest BCUT2D eigenvalue weighted by atomic mass is 10.1. The predicted octanol–water partition coefficient (Wildman–Crippen LogP) is 1.87. The summed E-state index contributed by atoms with van der Waals surface area (Å²) in [6, 6.07) is 14.6. The first-order chi connectivity index (χ1) is 12.5. The molecular formula is C19H19N7. The molecular weight excluding hydrogens is 326 g/mol. The predicted molar refractivity (Wildman–Crippen MR) is 104 cm³/mol. The second-order valence-electron chi connectivity index (χ2n) is 6.73. The number of nitrogens with one attached hydrogen (secondary N) is 3. The SMILES string of the molecule is CC1(N)N=C2NC=C(c3cccc4c3[nH]c3ccccc34)NC2=CN1N. The number of H-pyrrole nitrogens is 1. The normalized spacial score (nSPS) is 22.3. The maximum absolute atomic E-state index is 6.07. The highest BCUT2D eigenvalue weighted by Gasteiger charge is 2.30. The number of para-hydroxylation sites is 2. The van der Waals surface area contributed by atoms with E-state index in [1.165, 1.54) is 15.8 Å². The molecule has 7 heteroatoms. The van der Waals surface area contributed by atoms with Crippen molar-refractivity contribution in [2.45, 2.75) is 12.7 Å². The number of amidine groups is 1. The Morgan fingerprint density at radius 1 is 1.04 bits per heavy atom. The van der Waals surface area contributed by atoms with E-state index in [1.54, 1.807) is 13.1 Å². The highest BCUT2D eigenvalue weighted by Crippen LogP contribution is 2.31. The Morgan fingerprint density at radius 2 is 1.85 bits per heavy atom. The first-order valence-electron chi connectivity index (χ1n) is 8.41. The zero-order valence-electron chi connectivity index (χ0n) is 14.2. The molecule has 3 aromatic rings. The topological polar surface area (TPSA) is 107 Å². The number of hydrogen-bond donors (Lipinski definition) is 5. The van der Waals surface area contributed by atoms with Crippen molar-refractivity contribution >= 4 is 33.3 Å². The van der Waals surface area contributed by atoms with Crippen molar-refractivity contribution in [3.05, 3.63) is 66.1 Å². The third-order valence-electron chi connectivity index (χ3n) is 4.84. The van der Waals surface area contributed by atoms with Gasteiger partial charge in [0, 0.05) is 34.3 Å². The Kier molecular flexibility index (Phi) is 2.95. The van der Waals surface area contributed by atoms with Gasteiger partial charge < -0.3 is 15.6 Å². The largest absolute Gasteiger partial charge is 0.354 e. The van der Waals surface area contributed by atoms with E-state index < -0.39 is 5.79 Å². The minimum Gasteiger partial charge on any atom is -0.354 e. The summed E-state index contributed by atoms with van der Waals surface area (Å²) in [7, 11) is 0. The van der Waals surface area contributed by atoms with Crippen LogP contribution in [-0.2, 0) is 0 Å². The van der Waals surface area contributed by atoms with Crippen LogP contribution in [-0.4, -0.2) is 21.6 Å².